The van der Waals surface area contributed by atoms with E-state index in [4.69, 9.17) is 10.5 Å². The van der Waals surface area contributed by atoms with Crippen molar-refractivity contribution in [3.8, 4) is 0 Å². The number of hydrogen-bond donors (Lipinski definition) is 1. The number of hydrogen-bond acceptors (Lipinski definition) is 4. The normalized spacial score (nSPS) is 37.4. The van der Waals surface area contributed by atoms with E-state index in [9.17, 15) is 13.2 Å². The van der Waals surface area contributed by atoms with Crippen molar-refractivity contribution in [1.29, 1.82) is 0 Å². The molecule has 0 radical (unpaired) electrons. The number of alkyl halides is 3. The van der Waals surface area contributed by atoms with Crippen molar-refractivity contribution < 1.29 is 22.6 Å². The Bertz CT molecular complexity index is 266. The van der Waals surface area contributed by atoms with E-state index >= 15 is 0 Å². The van der Waals surface area contributed by atoms with Gasteiger partial charge in [0.2, 0.25) is 0 Å². The summed E-state index contributed by atoms with van der Waals surface area (Å²) >= 11 is 0. The van der Waals surface area contributed by atoms with Crippen LogP contribution < -0.4 is 5.73 Å². The monoisotopic (exact) mass is 210 g/mol. The summed E-state index contributed by atoms with van der Waals surface area (Å²) in [4.78, 5) is 3.76. The molecule has 2 aliphatic rings. The van der Waals surface area contributed by atoms with Crippen LogP contribution >= 0.6 is 0 Å². The van der Waals surface area contributed by atoms with E-state index in [1.165, 1.54) is 0 Å². The number of nitrogens with two attached hydrogens (primary N) is 1. The fraction of sp³-hybridized carbons (Fsp3) is 0.857. The molecule has 2 N–H and O–H groups in total. The SMILES string of the molecule is NC1=N[C@@H]2CO[C@H](C(F)(F)F)[C@H]2CO1. The van der Waals surface area contributed by atoms with Crippen molar-refractivity contribution in [3.05, 3.63) is 0 Å². The smallest absolute Gasteiger partial charge is 0.415 e. The molecule has 7 heteroatoms. The van der Waals surface area contributed by atoms with Gasteiger partial charge in [-0.25, -0.2) is 4.99 Å². The van der Waals surface area contributed by atoms with Crippen LogP contribution in [0.3, 0.4) is 0 Å². The maximum atomic E-state index is 12.4. The Morgan fingerprint density at radius 1 is 1.36 bits per heavy atom. The van der Waals surface area contributed by atoms with Crippen LogP contribution in [-0.2, 0) is 9.47 Å². The zero-order valence-electron chi connectivity index (χ0n) is 7.12. The second-order valence-corrected chi connectivity index (χ2v) is 3.31. The second kappa shape index (κ2) is 3.01. The van der Waals surface area contributed by atoms with Gasteiger partial charge >= 0.3 is 6.18 Å². The van der Waals surface area contributed by atoms with Crippen molar-refractivity contribution in [1.82, 2.24) is 0 Å². The Hall–Kier alpha value is -0.980. The summed E-state index contributed by atoms with van der Waals surface area (Å²) < 4.78 is 46.5. The molecule has 0 amide bonds. The molecule has 1 saturated heterocycles. The summed E-state index contributed by atoms with van der Waals surface area (Å²) in [5.74, 6) is -0.762. The number of nitrogens with zero attached hydrogens (tertiary/aromatic N) is 1. The molecule has 0 spiro atoms. The van der Waals surface area contributed by atoms with E-state index in [-0.39, 0.29) is 19.2 Å². The Balaban J connectivity index is 2.14. The van der Waals surface area contributed by atoms with Gasteiger partial charge in [-0.05, 0) is 0 Å². The van der Waals surface area contributed by atoms with Gasteiger partial charge < -0.3 is 15.2 Å². The molecule has 0 aliphatic carbocycles. The molecule has 2 heterocycles. The van der Waals surface area contributed by atoms with Crippen LogP contribution in [0.15, 0.2) is 4.99 Å². The van der Waals surface area contributed by atoms with Crippen molar-refractivity contribution in [3.63, 3.8) is 0 Å². The van der Waals surface area contributed by atoms with Crippen molar-refractivity contribution in [2.45, 2.75) is 18.3 Å². The minimum atomic E-state index is -4.36. The van der Waals surface area contributed by atoms with Gasteiger partial charge in [-0.15, -0.1) is 0 Å². The maximum absolute atomic E-state index is 12.4. The molecule has 2 aliphatic heterocycles. The summed E-state index contributed by atoms with van der Waals surface area (Å²) in [5, 5.41) is 0. The molecule has 0 bridgehead atoms. The van der Waals surface area contributed by atoms with E-state index in [0.29, 0.717) is 0 Å². The number of rotatable bonds is 0. The molecule has 0 aromatic carbocycles. The van der Waals surface area contributed by atoms with Crippen molar-refractivity contribution in [2.24, 2.45) is 16.6 Å². The molecule has 1 fully saturated rings. The molecule has 0 aromatic rings. The highest BCUT2D eigenvalue weighted by molar-refractivity contribution is 5.72. The number of amidine groups is 1. The minimum absolute atomic E-state index is 0.0428. The molecule has 0 unspecified atom stereocenters. The van der Waals surface area contributed by atoms with Gasteiger partial charge in [-0.2, -0.15) is 13.2 Å². The highest BCUT2D eigenvalue weighted by atomic mass is 19.4. The van der Waals surface area contributed by atoms with Crippen LogP contribution in [0.4, 0.5) is 13.2 Å². The zero-order chi connectivity index (χ0) is 10.3. The lowest BCUT2D eigenvalue weighted by Crippen LogP contribution is -2.42. The predicted octanol–water partition coefficient (Wildman–Crippen LogP) is 0.277. The molecule has 0 saturated carbocycles. The minimum Gasteiger partial charge on any atom is -0.465 e. The predicted molar refractivity (Wildman–Crippen MR) is 40.6 cm³/mol. The summed E-state index contributed by atoms with van der Waals surface area (Å²) in [5.41, 5.74) is 5.24. The van der Waals surface area contributed by atoms with E-state index < -0.39 is 24.2 Å². The first-order valence-electron chi connectivity index (χ1n) is 4.13. The summed E-state index contributed by atoms with van der Waals surface area (Å²) in [6.45, 7) is -0.122. The van der Waals surface area contributed by atoms with Gasteiger partial charge in [0.05, 0.1) is 25.2 Å². The third kappa shape index (κ3) is 1.52. The van der Waals surface area contributed by atoms with E-state index in [2.05, 4.69) is 9.73 Å². The van der Waals surface area contributed by atoms with Gasteiger partial charge in [-0.3, -0.25) is 0 Å². The fourth-order valence-electron chi connectivity index (χ4n) is 1.70. The molecule has 80 valence electrons. The van der Waals surface area contributed by atoms with Crippen LogP contribution in [-0.4, -0.2) is 37.6 Å². The van der Waals surface area contributed by atoms with E-state index in [1.807, 2.05) is 0 Å². The highest BCUT2D eigenvalue weighted by Gasteiger charge is 2.54. The fourth-order valence-corrected chi connectivity index (χ4v) is 1.70. The topological polar surface area (TPSA) is 56.8 Å². The quantitative estimate of drug-likeness (QED) is 0.624. The Morgan fingerprint density at radius 2 is 2.07 bits per heavy atom. The van der Waals surface area contributed by atoms with Crippen molar-refractivity contribution in [2.75, 3.05) is 13.2 Å². The molecule has 2 rings (SSSR count). The van der Waals surface area contributed by atoms with Crippen molar-refractivity contribution >= 4 is 6.02 Å². The third-order valence-electron chi connectivity index (χ3n) is 2.37. The zero-order valence-corrected chi connectivity index (χ0v) is 7.12. The van der Waals surface area contributed by atoms with Crippen LogP contribution in [0.2, 0.25) is 0 Å². The van der Waals surface area contributed by atoms with Crippen LogP contribution in [0.5, 0.6) is 0 Å². The first-order valence-corrected chi connectivity index (χ1v) is 4.13. The van der Waals surface area contributed by atoms with E-state index in [1.54, 1.807) is 0 Å². The maximum Gasteiger partial charge on any atom is 0.415 e. The highest BCUT2D eigenvalue weighted by Crippen LogP contribution is 2.37. The molecule has 3 atom stereocenters. The number of aliphatic imine (C=N–C) groups is 1. The van der Waals surface area contributed by atoms with Gasteiger partial charge in [0.1, 0.15) is 0 Å². The Morgan fingerprint density at radius 3 is 2.71 bits per heavy atom. The summed E-state index contributed by atoms with van der Waals surface area (Å²) in [7, 11) is 0. The first kappa shape index (κ1) is 9.57. The average Bonchev–Trinajstić information content (AvgIpc) is 2.45. The third-order valence-corrected chi connectivity index (χ3v) is 2.37. The second-order valence-electron chi connectivity index (χ2n) is 3.31. The standard InChI is InChI=1S/C7H9F3N2O2/c8-7(9,10)5-3-1-14-6(11)12-4(3)2-13-5/h3-5H,1-2H2,(H2,11,12)/t3-,4+,5-/m0/s1. The van der Waals surface area contributed by atoms with Gasteiger partial charge in [0, 0.05) is 0 Å². The number of ether oxygens (including phenoxy) is 2. The number of halogens is 3. The largest absolute Gasteiger partial charge is 0.465 e. The Labute approximate surface area is 77.9 Å². The molecular formula is C7H9F3N2O2. The van der Waals surface area contributed by atoms with Gasteiger partial charge in [-0.1, -0.05) is 0 Å². The molecule has 4 nitrogen and oxygen atoms in total. The molecule has 0 aromatic heterocycles. The van der Waals surface area contributed by atoms with Crippen LogP contribution in [0.1, 0.15) is 0 Å². The van der Waals surface area contributed by atoms with Gasteiger partial charge in [0.15, 0.2) is 6.10 Å². The van der Waals surface area contributed by atoms with Crippen LogP contribution in [0, 0.1) is 5.92 Å². The van der Waals surface area contributed by atoms with Gasteiger partial charge in [0.25, 0.3) is 6.02 Å². The molecular weight excluding hydrogens is 201 g/mol. The lowest BCUT2D eigenvalue weighted by atomic mass is 9.97. The van der Waals surface area contributed by atoms with Crippen LogP contribution in [0.25, 0.3) is 0 Å². The summed E-state index contributed by atoms with van der Waals surface area (Å²) in [6.07, 6.45) is -6.13. The Kier molecular flexibility index (Phi) is 2.06. The first-order chi connectivity index (χ1) is 6.48. The lowest BCUT2D eigenvalue weighted by Gasteiger charge is -2.25. The summed E-state index contributed by atoms with van der Waals surface area (Å²) in [6, 6.07) is -0.576. The average molecular weight is 210 g/mol. The molecule has 14 heavy (non-hydrogen) atoms. The lowest BCUT2D eigenvalue weighted by molar-refractivity contribution is -0.218. The van der Waals surface area contributed by atoms with E-state index in [0.717, 1.165) is 0 Å². The number of fused-ring (bicyclic) bond motifs is 1.